The van der Waals surface area contributed by atoms with Gasteiger partial charge in [-0.2, -0.15) is 0 Å². The maximum Gasteiger partial charge on any atom is 0.264 e. The molecule has 0 spiro atoms. The van der Waals surface area contributed by atoms with Gasteiger partial charge in [0.2, 0.25) is 0 Å². The summed E-state index contributed by atoms with van der Waals surface area (Å²) in [5.41, 5.74) is 1.06. The van der Waals surface area contributed by atoms with Crippen LogP contribution in [-0.4, -0.2) is 21.1 Å². The maximum atomic E-state index is 13.4. The Morgan fingerprint density at radius 2 is 2.23 bits per heavy atom. The van der Waals surface area contributed by atoms with Crippen LogP contribution in [0.2, 0.25) is 0 Å². The number of nitrogens with zero attached hydrogens (tertiary/aromatic N) is 2. The molecule has 6 heteroatoms. The monoisotopic (exact) mass is 307 g/mol. The topological polar surface area (TPSA) is 95.0 Å². The number of carbonyl (C=O) groups excluding carboxylic acids is 2. The van der Waals surface area contributed by atoms with Crippen LogP contribution in [0.4, 0.5) is 5.69 Å². The predicted molar refractivity (Wildman–Crippen MR) is 82.7 cm³/mol. The highest BCUT2D eigenvalue weighted by atomic mass is 16.2. The minimum Gasteiger partial charge on any atom is -0.398 e. The second-order valence-electron chi connectivity index (χ2n) is 4.89. The third-order valence-corrected chi connectivity index (χ3v) is 3.44. The fourth-order valence-electron chi connectivity index (χ4n) is 2.38. The maximum absolute atomic E-state index is 13.4. The van der Waals surface area contributed by atoms with Gasteiger partial charge in [0.15, 0.2) is 5.78 Å². The van der Waals surface area contributed by atoms with Gasteiger partial charge in [-0.25, -0.2) is 4.98 Å². The summed E-state index contributed by atoms with van der Waals surface area (Å²) in [7, 11) is 0. The van der Waals surface area contributed by atoms with Crippen molar-refractivity contribution in [1.29, 1.82) is 0 Å². The molecule has 1 heterocycles. The number of fused-ring (bicyclic) bond motifs is 1. The molecule has 1 saturated carbocycles. The minimum atomic E-state index is -3.68. The molecular weight excluding hydrogens is 282 g/mol. The summed E-state index contributed by atoms with van der Waals surface area (Å²) in [6.45, 7) is -4.44. The van der Waals surface area contributed by atoms with E-state index in [4.69, 9.17) is 16.7 Å². The molecular formula is C16H17N3O3. The predicted octanol–water partition coefficient (Wildman–Crippen LogP) is 1.32. The number of nitrogens with two attached hydrogens (primary N) is 1. The average Bonchev–Trinajstić information content (AvgIpc) is 2.61. The van der Waals surface area contributed by atoms with Gasteiger partial charge in [-0.15, -0.1) is 0 Å². The molecule has 1 atom stereocenters. The molecule has 1 aliphatic rings. The number of hydrogen-bond acceptors (Lipinski definition) is 5. The van der Waals surface area contributed by atoms with Gasteiger partial charge in [-0.1, -0.05) is 6.07 Å². The Kier molecular flexibility index (Phi) is 1.66. The molecule has 0 amide bonds. The molecule has 6 nitrogen and oxygen atoms in total. The van der Waals surface area contributed by atoms with Crippen molar-refractivity contribution in [3.63, 3.8) is 0 Å². The van der Waals surface area contributed by atoms with E-state index < -0.39 is 61.4 Å². The lowest BCUT2D eigenvalue weighted by atomic mass is 9.81. The standard InChI is InChI=1S/C16H17N3O3/c1-9-18-12-5-3-4-11(17)14(12)15(22)19(9)16(2)7-6-10(20)8-13(16)21/h3-5H,6-8,17H2,1-2H3/i1D,2D3,6D2,7D2. The molecule has 0 radical (unpaired) electrons. The molecule has 0 saturated heterocycles. The van der Waals surface area contributed by atoms with Crippen LogP contribution in [0.5, 0.6) is 0 Å². The van der Waals surface area contributed by atoms with Gasteiger partial charge in [0.05, 0.1) is 17.3 Å². The number of hydrogen-bond donors (Lipinski definition) is 1. The van der Waals surface area contributed by atoms with Gasteiger partial charge < -0.3 is 5.73 Å². The molecule has 1 fully saturated rings. The summed E-state index contributed by atoms with van der Waals surface area (Å²) >= 11 is 0. The van der Waals surface area contributed by atoms with E-state index in [-0.39, 0.29) is 21.2 Å². The summed E-state index contributed by atoms with van der Waals surface area (Å²) in [6.07, 6.45) is -8.33. The zero-order valence-corrected chi connectivity index (χ0v) is 11.3. The van der Waals surface area contributed by atoms with Crippen molar-refractivity contribution < 1.29 is 20.6 Å². The number of carbonyl (C=O) groups is 2. The number of ketones is 2. The van der Waals surface area contributed by atoms with Crippen molar-refractivity contribution in [1.82, 2.24) is 9.55 Å². The van der Waals surface area contributed by atoms with E-state index in [0.717, 1.165) is 0 Å². The highest BCUT2D eigenvalue weighted by Gasteiger charge is 2.41. The lowest BCUT2D eigenvalue weighted by Gasteiger charge is -2.34. The summed E-state index contributed by atoms with van der Waals surface area (Å²) < 4.78 is 64.4. The zero-order valence-electron chi connectivity index (χ0n) is 19.3. The first-order valence-corrected chi connectivity index (χ1v) is 6.32. The molecule has 0 aliphatic heterocycles. The van der Waals surface area contributed by atoms with Gasteiger partial charge in [0, 0.05) is 23.0 Å². The van der Waals surface area contributed by atoms with Crippen LogP contribution in [0.3, 0.4) is 0 Å². The number of aromatic nitrogens is 2. The van der Waals surface area contributed by atoms with Crippen LogP contribution in [0.25, 0.3) is 10.9 Å². The van der Waals surface area contributed by atoms with Crippen LogP contribution in [0.1, 0.15) is 42.8 Å². The molecule has 1 unspecified atom stereocenters. The first-order chi connectivity index (χ1) is 13.7. The fourth-order valence-corrected chi connectivity index (χ4v) is 2.38. The van der Waals surface area contributed by atoms with Crippen molar-refractivity contribution in [2.45, 2.75) is 38.5 Å². The summed E-state index contributed by atoms with van der Waals surface area (Å²) in [5.74, 6) is -3.51. The normalized spacial score (nSPS) is 32.7. The van der Waals surface area contributed by atoms with Gasteiger partial charge >= 0.3 is 0 Å². The lowest BCUT2D eigenvalue weighted by molar-refractivity contribution is -0.136. The van der Waals surface area contributed by atoms with Crippen molar-refractivity contribution in [2.24, 2.45) is 0 Å². The number of nitrogen functional groups attached to an aromatic ring is 1. The highest BCUT2D eigenvalue weighted by Crippen LogP contribution is 2.30. The molecule has 0 bridgehead atoms. The van der Waals surface area contributed by atoms with Gasteiger partial charge in [-0.05, 0) is 32.3 Å². The van der Waals surface area contributed by atoms with Crippen molar-refractivity contribution in [2.75, 3.05) is 5.73 Å². The Labute approximate surface area is 138 Å². The SMILES string of the molecule is [2H]Cc1nc2cccc(N)c2c(=O)n1C1(C([2H])([2H])[2H])C(=O)CC(=O)C([2H])([2H])C1([2H])[2H]. The Bertz CT molecular complexity index is 1140. The van der Waals surface area contributed by atoms with Crippen molar-refractivity contribution >= 4 is 28.2 Å². The number of anilines is 1. The fraction of sp³-hybridized carbons (Fsp3) is 0.375. The molecule has 1 aromatic heterocycles. The third kappa shape index (κ3) is 1.94. The van der Waals surface area contributed by atoms with E-state index in [2.05, 4.69) is 4.98 Å². The van der Waals surface area contributed by atoms with Gasteiger partial charge in [0.1, 0.15) is 17.1 Å². The molecule has 2 aromatic rings. The Morgan fingerprint density at radius 3 is 2.95 bits per heavy atom. The van der Waals surface area contributed by atoms with E-state index >= 15 is 0 Å². The summed E-state index contributed by atoms with van der Waals surface area (Å²) in [6, 6.07) is 4.15. The molecule has 22 heavy (non-hydrogen) atoms. The second-order valence-corrected chi connectivity index (χ2v) is 4.89. The van der Waals surface area contributed by atoms with Gasteiger partial charge in [0.25, 0.3) is 5.56 Å². The quantitative estimate of drug-likeness (QED) is 0.633. The summed E-state index contributed by atoms with van der Waals surface area (Å²) in [5, 5.41) is -0.306. The van der Waals surface area contributed by atoms with E-state index in [1.165, 1.54) is 18.2 Å². The van der Waals surface area contributed by atoms with Crippen molar-refractivity contribution in [3.8, 4) is 0 Å². The first-order valence-electron chi connectivity index (χ1n) is 10.5. The van der Waals surface area contributed by atoms with Gasteiger partial charge in [-0.3, -0.25) is 19.0 Å². The van der Waals surface area contributed by atoms with Crippen molar-refractivity contribution in [3.05, 3.63) is 34.4 Å². The molecule has 114 valence electrons. The summed E-state index contributed by atoms with van der Waals surface area (Å²) in [4.78, 5) is 42.6. The Morgan fingerprint density at radius 1 is 1.41 bits per heavy atom. The van der Waals surface area contributed by atoms with Crippen LogP contribution in [-0.2, 0) is 15.1 Å². The number of aryl methyl sites for hydroxylation is 1. The lowest BCUT2D eigenvalue weighted by Crippen LogP contribution is -2.49. The Balaban J connectivity index is 2.63. The van der Waals surface area contributed by atoms with E-state index in [9.17, 15) is 14.4 Å². The van der Waals surface area contributed by atoms with E-state index in [0.29, 0.717) is 0 Å². The average molecular weight is 307 g/mol. The van der Waals surface area contributed by atoms with E-state index in [1.54, 1.807) is 0 Å². The van der Waals surface area contributed by atoms with Crippen LogP contribution >= 0.6 is 0 Å². The smallest absolute Gasteiger partial charge is 0.264 e. The van der Waals surface area contributed by atoms with Crippen LogP contribution in [0, 0.1) is 6.90 Å². The number of benzene rings is 1. The number of Topliss-reactive ketones (excluding diaryl/α,β-unsaturated/α-hetero) is 2. The molecule has 1 aromatic carbocycles. The molecule has 3 rings (SSSR count). The largest absolute Gasteiger partial charge is 0.398 e. The molecule has 2 N–H and O–H groups in total. The van der Waals surface area contributed by atoms with Crippen LogP contribution < -0.4 is 11.3 Å². The molecule has 1 aliphatic carbocycles. The highest BCUT2D eigenvalue weighted by molar-refractivity contribution is 6.05. The number of rotatable bonds is 1. The Hall–Kier alpha value is -2.50. The zero-order chi connectivity index (χ0) is 22.9. The van der Waals surface area contributed by atoms with Crippen LogP contribution in [0.15, 0.2) is 23.0 Å². The minimum absolute atomic E-state index is 0.00194. The third-order valence-electron chi connectivity index (χ3n) is 3.44. The second kappa shape index (κ2) is 4.76. The van der Waals surface area contributed by atoms with E-state index in [1.807, 2.05) is 0 Å². The first kappa shape index (κ1) is 7.67.